The second-order valence-electron chi connectivity index (χ2n) is 9.26. The van der Waals surface area contributed by atoms with E-state index in [0.29, 0.717) is 28.6 Å². The Morgan fingerprint density at radius 3 is 2.78 bits per heavy atom. The lowest BCUT2D eigenvalue weighted by molar-refractivity contribution is 0.0478. The number of carboxylic acid groups (broad SMARTS) is 1. The van der Waals surface area contributed by atoms with Crippen LogP contribution in [0.15, 0.2) is 42.5 Å². The zero-order chi connectivity index (χ0) is 26.8. The minimum Gasteiger partial charge on any atom is -0.465 e. The molecular weight excluding hydrogens is 501 g/mol. The molecule has 202 valence electrons. The first kappa shape index (κ1) is 28.8. The largest absolute Gasteiger partial charge is 0.465 e. The van der Waals surface area contributed by atoms with Crippen LogP contribution in [0.25, 0.3) is 0 Å². The molecule has 2 aromatic rings. The van der Waals surface area contributed by atoms with E-state index in [1.54, 1.807) is 24.3 Å². The van der Waals surface area contributed by atoms with Gasteiger partial charge in [-0.1, -0.05) is 23.7 Å². The van der Waals surface area contributed by atoms with Crippen molar-refractivity contribution in [2.24, 2.45) is 5.92 Å². The normalized spacial score (nSPS) is 17.1. The van der Waals surface area contributed by atoms with E-state index in [1.165, 1.54) is 25.2 Å². The van der Waals surface area contributed by atoms with Gasteiger partial charge in [-0.2, -0.15) is 0 Å². The Labute approximate surface area is 222 Å². The van der Waals surface area contributed by atoms with Gasteiger partial charge in [-0.3, -0.25) is 4.79 Å². The molecule has 3 N–H and O–H groups in total. The highest BCUT2D eigenvalue weighted by molar-refractivity contribution is 6.30. The Balaban J connectivity index is 1.74. The molecule has 3 rings (SSSR count). The van der Waals surface area contributed by atoms with Crippen LogP contribution in [0.3, 0.4) is 0 Å². The first-order valence-corrected chi connectivity index (χ1v) is 12.8. The maximum atomic E-state index is 15.0. The van der Waals surface area contributed by atoms with E-state index in [4.69, 9.17) is 26.2 Å². The number of halogens is 2. The molecule has 1 aliphatic rings. The Hall–Kier alpha value is -2.72. The monoisotopic (exact) mass is 535 g/mol. The average Bonchev–Trinajstić information content (AvgIpc) is 2.89. The summed E-state index contributed by atoms with van der Waals surface area (Å²) in [6.45, 7) is 2.08. The van der Waals surface area contributed by atoms with E-state index in [2.05, 4.69) is 10.6 Å². The highest BCUT2D eigenvalue weighted by Crippen LogP contribution is 2.30. The minimum atomic E-state index is -1.09. The number of rotatable bonds is 12. The van der Waals surface area contributed by atoms with Gasteiger partial charge in [0.05, 0.1) is 6.61 Å². The lowest BCUT2D eigenvalue weighted by Gasteiger charge is -2.26. The summed E-state index contributed by atoms with van der Waals surface area (Å²) in [4.78, 5) is 25.2. The molecule has 1 heterocycles. The Morgan fingerprint density at radius 2 is 2.11 bits per heavy atom. The number of nitrogens with one attached hydrogen (secondary N) is 2. The highest BCUT2D eigenvalue weighted by atomic mass is 35.5. The molecule has 0 spiro atoms. The quantitative estimate of drug-likeness (QED) is 0.374. The number of ether oxygens (including phenoxy) is 2. The van der Waals surface area contributed by atoms with Gasteiger partial charge in [0, 0.05) is 55.5 Å². The van der Waals surface area contributed by atoms with E-state index in [1.807, 2.05) is 7.05 Å². The van der Waals surface area contributed by atoms with Gasteiger partial charge in [0.15, 0.2) is 0 Å². The van der Waals surface area contributed by atoms with Gasteiger partial charge >= 0.3 is 6.09 Å². The van der Waals surface area contributed by atoms with Crippen LogP contribution in [0.4, 0.5) is 9.18 Å². The number of carbonyl (C=O) groups excluding carboxylic acids is 1. The summed E-state index contributed by atoms with van der Waals surface area (Å²) in [5, 5.41) is 15.7. The first-order valence-electron chi connectivity index (χ1n) is 12.4. The molecule has 0 aliphatic carbocycles. The molecule has 1 unspecified atom stereocenters. The van der Waals surface area contributed by atoms with Crippen LogP contribution >= 0.6 is 11.6 Å². The summed E-state index contributed by atoms with van der Waals surface area (Å²) in [7, 11) is 3.29. The number of carbonyl (C=O) groups is 2. The highest BCUT2D eigenvalue weighted by Gasteiger charge is 2.23. The van der Waals surface area contributed by atoms with Crippen LogP contribution in [-0.4, -0.2) is 75.1 Å². The summed E-state index contributed by atoms with van der Waals surface area (Å²) < 4.78 is 26.6. The number of benzene rings is 2. The summed E-state index contributed by atoms with van der Waals surface area (Å²) in [5.41, 5.74) is 1.05. The lowest BCUT2D eigenvalue weighted by Crippen LogP contribution is -2.41. The van der Waals surface area contributed by atoms with Gasteiger partial charge in [0.2, 0.25) is 0 Å². The van der Waals surface area contributed by atoms with Crippen LogP contribution in [0.2, 0.25) is 5.02 Å². The van der Waals surface area contributed by atoms with Gasteiger partial charge in [-0.15, -0.1) is 0 Å². The molecule has 37 heavy (non-hydrogen) atoms. The van der Waals surface area contributed by atoms with Crippen molar-refractivity contribution < 1.29 is 28.6 Å². The molecule has 0 aromatic heterocycles. The second-order valence-corrected chi connectivity index (χ2v) is 9.70. The molecule has 1 aliphatic heterocycles. The third-order valence-electron chi connectivity index (χ3n) is 6.52. The third-order valence-corrected chi connectivity index (χ3v) is 6.75. The summed E-state index contributed by atoms with van der Waals surface area (Å²) in [6.07, 6.45) is 1.07. The van der Waals surface area contributed by atoms with E-state index >= 15 is 4.39 Å². The lowest BCUT2D eigenvalue weighted by atomic mass is 9.94. The van der Waals surface area contributed by atoms with Gasteiger partial charge in [-0.25, -0.2) is 9.18 Å². The van der Waals surface area contributed by atoms with Crippen LogP contribution in [0.5, 0.6) is 0 Å². The summed E-state index contributed by atoms with van der Waals surface area (Å²) >= 11 is 6.17. The number of hydrogen-bond acceptors (Lipinski definition) is 5. The minimum absolute atomic E-state index is 0.0184. The molecule has 2 amide bonds. The molecule has 0 radical (unpaired) electrons. The van der Waals surface area contributed by atoms with Gasteiger partial charge in [-0.05, 0) is 68.1 Å². The number of nitrogens with zero attached hydrogens (tertiary/aromatic N) is 1. The van der Waals surface area contributed by atoms with E-state index in [0.717, 1.165) is 37.4 Å². The van der Waals surface area contributed by atoms with Gasteiger partial charge < -0.3 is 30.1 Å². The van der Waals surface area contributed by atoms with Crippen molar-refractivity contribution in [1.82, 2.24) is 15.5 Å². The van der Waals surface area contributed by atoms with Gasteiger partial charge in [0.25, 0.3) is 5.91 Å². The van der Waals surface area contributed by atoms with E-state index in [-0.39, 0.29) is 30.7 Å². The smallest absolute Gasteiger partial charge is 0.407 e. The molecular formula is C27H35ClFN3O5. The molecule has 2 aromatic carbocycles. The maximum absolute atomic E-state index is 15.0. The fraction of sp³-hybridized carbons (Fsp3) is 0.481. The molecule has 10 heteroatoms. The average molecular weight is 536 g/mol. The van der Waals surface area contributed by atoms with Crippen LogP contribution in [-0.2, 0) is 9.47 Å². The van der Waals surface area contributed by atoms with E-state index in [9.17, 15) is 9.59 Å². The van der Waals surface area contributed by atoms with Gasteiger partial charge in [0.1, 0.15) is 11.9 Å². The molecule has 0 saturated carbocycles. The molecule has 0 bridgehead atoms. The summed E-state index contributed by atoms with van der Waals surface area (Å²) in [6, 6.07) is 11.1. The number of likely N-dealkylation sites (N-methyl/N-ethyl adjacent to an activating group) is 2. The van der Waals surface area contributed by atoms with Crippen molar-refractivity contribution in [3.8, 4) is 0 Å². The Kier molecular flexibility index (Phi) is 11.1. The van der Waals surface area contributed by atoms with Crippen molar-refractivity contribution in [3.05, 3.63) is 70.0 Å². The zero-order valence-corrected chi connectivity index (χ0v) is 22.0. The third kappa shape index (κ3) is 8.67. The summed E-state index contributed by atoms with van der Waals surface area (Å²) in [5.74, 6) is -0.410. The first-order chi connectivity index (χ1) is 17.8. The number of hydrogen-bond donors (Lipinski definition) is 3. The van der Waals surface area contributed by atoms with Crippen molar-refractivity contribution in [2.45, 2.75) is 31.4 Å². The van der Waals surface area contributed by atoms with E-state index < -0.39 is 18.0 Å². The fourth-order valence-corrected chi connectivity index (χ4v) is 4.54. The maximum Gasteiger partial charge on any atom is 0.407 e. The predicted octanol–water partition coefficient (Wildman–Crippen LogP) is 4.33. The van der Waals surface area contributed by atoms with Crippen molar-refractivity contribution >= 4 is 23.6 Å². The standard InChI is InChI=1S/C27H35ClFN3O5/c1-30-22(13-18-5-4-11-36-17-18)16-31-26(33)20-8-9-24(29)23(15-20)25(19-6-3-7-21(28)14-19)37-12-10-32(2)27(34)35/h3,6-9,14-15,18,22,25,30H,4-5,10-13,16-17H2,1-2H3,(H,31,33)(H,34,35)/t18-,22+,25?/m1/s1. The zero-order valence-electron chi connectivity index (χ0n) is 21.2. The Bertz CT molecular complexity index is 1050. The molecule has 1 saturated heterocycles. The fourth-order valence-electron chi connectivity index (χ4n) is 4.34. The Morgan fingerprint density at radius 1 is 1.30 bits per heavy atom. The molecule has 8 nitrogen and oxygen atoms in total. The van der Waals surface area contributed by atoms with Crippen molar-refractivity contribution in [2.75, 3.05) is 47.0 Å². The molecule has 1 fully saturated rings. The van der Waals surface area contributed by atoms with Crippen LogP contribution in [0.1, 0.15) is 46.9 Å². The van der Waals surface area contributed by atoms with Crippen molar-refractivity contribution in [3.63, 3.8) is 0 Å². The number of amides is 2. The van der Waals surface area contributed by atoms with Crippen LogP contribution < -0.4 is 10.6 Å². The second kappa shape index (κ2) is 14.3. The SMILES string of the molecule is CN[C@H](CNC(=O)c1ccc(F)c(C(OCCN(C)C(=O)O)c2cccc(Cl)c2)c1)C[C@H]1CCCOC1. The van der Waals surface area contributed by atoms with Crippen LogP contribution in [0, 0.1) is 11.7 Å². The molecule has 3 atom stereocenters. The topological polar surface area (TPSA) is 100 Å². The van der Waals surface area contributed by atoms with Crippen molar-refractivity contribution in [1.29, 1.82) is 0 Å². The predicted molar refractivity (Wildman–Crippen MR) is 140 cm³/mol.